The van der Waals surface area contributed by atoms with E-state index in [9.17, 15) is 9.59 Å². The van der Waals surface area contributed by atoms with Crippen LogP contribution in [0.2, 0.25) is 0 Å². The monoisotopic (exact) mass is 390 g/mol. The summed E-state index contributed by atoms with van der Waals surface area (Å²) >= 11 is 0. The van der Waals surface area contributed by atoms with Crippen LogP contribution in [0.5, 0.6) is 5.75 Å². The Morgan fingerprint density at radius 1 is 1.14 bits per heavy atom. The normalized spacial score (nSPS) is 14.9. The lowest BCUT2D eigenvalue weighted by atomic mass is 10.2. The van der Waals surface area contributed by atoms with E-state index in [-0.39, 0.29) is 11.8 Å². The molecule has 1 heterocycles. The van der Waals surface area contributed by atoms with Crippen LogP contribution < -0.4 is 10.1 Å². The van der Waals surface area contributed by atoms with Crippen LogP contribution in [0, 0.1) is 0 Å². The summed E-state index contributed by atoms with van der Waals surface area (Å²) < 4.78 is 5.17. The van der Waals surface area contributed by atoms with Gasteiger partial charge in [-0.15, -0.1) is 0 Å². The van der Waals surface area contributed by atoms with Gasteiger partial charge in [0, 0.05) is 39.3 Å². The van der Waals surface area contributed by atoms with Crippen molar-refractivity contribution in [2.75, 3.05) is 60.0 Å². The minimum Gasteiger partial charge on any atom is -0.497 e. The number of nitrogens with one attached hydrogen (secondary N) is 1. The molecular formula is C21H34N4O3. The highest BCUT2D eigenvalue weighted by molar-refractivity contribution is 5.79. The van der Waals surface area contributed by atoms with Crippen LogP contribution in [-0.2, 0) is 16.1 Å². The number of rotatable bonds is 10. The number of unbranched alkanes of at least 4 members (excludes halogenated alkanes) is 1. The van der Waals surface area contributed by atoms with Gasteiger partial charge in [0.2, 0.25) is 11.8 Å². The Morgan fingerprint density at radius 3 is 2.43 bits per heavy atom. The van der Waals surface area contributed by atoms with E-state index in [4.69, 9.17) is 4.74 Å². The number of hydrogen-bond donors (Lipinski definition) is 1. The Morgan fingerprint density at radius 2 is 1.82 bits per heavy atom. The van der Waals surface area contributed by atoms with E-state index in [2.05, 4.69) is 17.1 Å². The second kappa shape index (κ2) is 11.7. The first kappa shape index (κ1) is 22.2. The van der Waals surface area contributed by atoms with Gasteiger partial charge in [0.05, 0.1) is 20.2 Å². The largest absolute Gasteiger partial charge is 0.497 e. The Kier molecular flexibility index (Phi) is 9.23. The maximum Gasteiger partial charge on any atom is 0.236 e. The number of amides is 2. The fraction of sp³-hybridized carbons (Fsp3) is 0.619. The van der Waals surface area contributed by atoms with Crippen molar-refractivity contribution < 1.29 is 14.3 Å². The molecule has 1 fully saturated rings. The molecule has 1 saturated heterocycles. The molecule has 0 atom stereocenters. The Hall–Kier alpha value is -2.12. The van der Waals surface area contributed by atoms with Crippen LogP contribution in [0.3, 0.4) is 0 Å². The minimum atomic E-state index is 0.0763. The third-order valence-corrected chi connectivity index (χ3v) is 4.96. The first-order chi connectivity index (χ1) is 13.5. The predicted molar refractivity (Wildman–Crippen MR) is 110 cm³/mol. The molecule has 7 nitrogen and oxygen atoms in total. The van der Waals surface area contributed by atoms with E-state index in [0.717, 1.165) is 43.8 Å². The fourth-order valence-corrected chi connectivity index (χ4v) is 3.25. The smallest absolute Gasteiger partial charge is 0.236 e. The van der Waals surface area contributed by atoms with Gasteiger partial charge in [-0.1, -0.05) is 25.5 Å². The van der Waals surface area contributed by atoms with Gasteiger partial charge in [-0.05, 0) is 31.2 Å². The molecular weight excluding hydrogens is 356 g/mol. The summed E-state index contributed by atoms with van der Waals surface area (Å²) in [6.45, 7) is 7.23. The van der Waals surface area contributed by atoms with E-state index in [1.54, 1.807) is 7.11 Å². The predicted octanol–water partition coefficient (Wildman–Crippen LogP) is 1.19. The van der Waals surface area contributed by atoms with E-state index in [1.165, 1.54) is 0 Å². The number of likely N-dealkylation sites (N-methyl/N-ethyl adjacent to an activating group) is 1. The zero-order chi connectivity index (χ0) is 20.4. The van der Waals surface area contributed by atoms with Gasteiger partial charge < -0.3 is 15.0 Å². The standard InChI is InChI=1S/C21H34N4O3/c1-4-5-10-22-20(26)16-24-11-13-25(14-12-24)21(27)17-23(2)15-18-6-8-19(28-3)9-7-18/h6-9H,4-5,10-17H2,1-3H3,(H,22,26). The maximum absolute atomic E-state index is 12.6. The number of nitrogens with zero attached hydrogens (tertiary/aromatic N) is 3. The van der Waals surface area contributed by atoms with Gasteiger partial charge in [-0.25, -0.2) is 0 Å². The maximum atomic E-state index is 12.6. The van der Waals surface area contributed by atoms with Gasteiger partial charge in [-0.2, -0.15) is 0 Å². The summed E-state index contributed by atoms with van der Waals surface area (Å²) in [5.41, 5.74) is 1.15. The first-order valence-electron chi connectivity index (χ1n) is 10.1. The number of carbonyl (C=O) groups excluding carboxylic acids is 2. The average Bonchev–Trinajstić information content (AvgIpc) is 2.69. The van der Waals surface area contributed by atoms with Crippen LogP contribution in [-0.4, -0.2) is 86.5 Å². The average molecular weight is 391 g/mol. The molecule has 1 aliphatic heterocycles. The zero-order valence-electron chi connectivity index (χ0n) is 17.4. The van der Waals surface area contributed by atoms with Crippen molar-refractivity contribution >= 4 is 11.8 Å². The van der Waals surface area contributed by atoms with Crippen molar-refractivity contribution in [3.05, 3.63) is 29.8 Å². The summed E-state index contributed by atoms with van der Waals surface area (Å²) in [6, 6.07) is 7.90. The summed E-state index contributed by atoms with van der Waals surface area (Å²) in [4.78, 5) is 30.5. The van der Waals surface area contributed by atoms with Crippen molar-refractivity contribution in [3.63, 3.8) is 0 Å². The van der Waals surface area contributed by atoms with Gasteiger partial charge in [0.25, 0.3) is 0 Å². The van der Waals surface area contributed by atoms with Crippen molar-refractivity contribution in [1.82, 2.24) is 20.0 Å². The van der Waals surface area contributed by atoms with Gasteiger partial charge in [0.15, 0.2) is 0 Å². The molecule has 0 unspecified atom stereocenters. The molecule has 1 aromatic carbocycles. The van der Waals surface area contributed by atoms with E-state index in [0.29, 0.717) is 32.7 Å². The number of ether oxygens (including phenoxy) is 1. The van der Waals surface area contributed by atoms with Crippen molar-refractivity contribution in [1.29, 1.82) is 0 Å². The molecule has 7 heteroatoms. The number of piperazine rings is 1. The van der Waals surface area contributed by atoms with Crippen molar-refractivity contribution in [2.24, 2.45) is 0 Å². The summed E-state index contributed by atoms with van der Waals surface area (Å²) in [7, 11) is 3.61. The molecule has 2 rings (SSSR count). The summed E-state index contributed by atoms with van der Waals surface area (Å²) in [5, 5.41) is 2.95. The number of methoxy groups -OCH3 is 1. The van der Waals surface area contributed by atoms with Crippen LogP contribution in [0.25, 0.3) is 0 Å². The van der Waals surface area contributed by atoms with Crippen LogP contribution in [0.4, 0.5) is 0 Å². The van der Waals surface area contributed by atoms with Crippen molar-refractivity contribution in [2.45, 2.75) is 26.3 Å². The SMILES string of the molecule is CCCCNC(=O)CN1CCN(C(=O)CN(C)Cc2ccc(OC)cc2)CC1. The molecule has 0 spiro atoms. The van der Waals surface area contributed by atoms with Gasteiger partial charge in [0.1, 0.15) is 5.75 Å². The molecule has 156 valence electrons. The lowest BCUT2D eigenvalue weighted by molar-refractivity contribution is -0.134. The van der Waals surface area contributed by atoms with Crippen molar-refractivity contribution in [3.8, 4) is 5.75 Å². The van der Waals surface area contributed by atoms with E-state index < -0.39 is 0 Å². The van der Waals surface area contributed by atoms with Gasteiger partial charge in [-0.3, -0.25) is 19.4 Å². The molecule has 2 amide bonds. The lowest BCUT2D eigenvalue weighted by Crippen LogP contribution is -2.52. The third kappa shape index (κ3) is 7.48. The van der Waals surface area contributed by atoms with Crippen LogP contribution in [0.15, 0.2) is 24.3 Å². The second-order valence-electron chi connectivity index (χ2n) is 7.38. The minimum absolute atomic E-state index is 0.0763. The lowest BCUT2D eigenvalue weighted by Gasteiger charge is -2.35. The highest BCUT2D eigenvalue weighted by Crippen LogP contribution is 2.12. The Balaban J connectivity index is 1.68. The number of benzene rings is 1. The Labute approximate surface area is 168 Å². The quantitative estimate of drug-likeness (QED) is 0.608. The topological polar surface area (TPSA) is 65.1 Å². The second-order valence-corrected chi connectivity index (χ2v) is 7.38. The van der Waals surface area contributed by atoms with E-state index >= 15 is 0 Å². The summed E-state index contributed by atoms with van der Waals surface area (Å²) in [6.07, 6.45) is 2.09. The molecule has 0 bridgehead atoms. The molecule has 0 aromatic heterocycles. The molecule has 28 heavy (non-hydrogen) atoms. The van der Waals surface area contributed by atoms with Gasteiger partial charge >= 0.3 is 0 Å². The van der Waals surface area contributed by atoms with Crippen LogP contribution in [0.1, 0.15) is 25.3 Å². The van der Waals surface area contributed by atoms with E-state index in [1.807, 2.05) is 41.1 Å². The molecule has 0 aliphatic carbocycles. The zero-order valence-corrected chi connectivity index (χ0v) is 17.4. The third-order valence-electron chi connectivity index (χ3n) is 4.96. The highest BCUT2D eigenvalue weighted by atomic mass is 16.5. The molecule has 0 saturated carbocycles. The Bertz CT molecular complexity index is 613. The molecule has 1 aromatic rings. The fourth-order valence-electron chi connectivity index (χ4n) is 3.25. The molecule has 0 radical (unpaired) electrons. The highest BCUT2D eigenvalue weighted by Gasteiger charge is 2.23. The number of hydrogen-bond acceptors (Lipinski definition) is 5. The summed E-state index contributed by atoms with van der Waals surface area (Å²) in [5.74, 6) is 1.05. The molecule has 1 aliphatic rings. The van der Waals surface area contributed by atoms with Crippen LogP contribution >= 0.6 is 0 Å². The first-order valence-corrected chi connectivity index (χ1v) is 10.1. The number of carbonyl (C=O) groups is 2. The molecule has 1 N–H and O–H groups in total.